The van der Waals surface area contributed by atoms with Gasteiger partial charge < -0.3 is 9.84 Å². The molecule has 0 saturated heterocycles. The fourth-order valence-electron chi connectivity index (χ4n) is 1.72. The SMILES string of the molecule is CCCN(C1CC1)C(COC)C(=O)O. The number of hydrogen-bond donors (Lipinski definition) is 1. The van der Waals surface area contributed by atoms with E-state index in [1.807, 2.05) is 0 Å². The van der Waals surface area contributed by atoms with Crippen molar-refractivity contribution in [3.05, 3.63) is 0 Å². The summed E-state index contributed by atoms with van der Waals surface area (Å²) in [7, 11) is 1.55. The number of carboxylic acid groups (broad SMARTS) is 1. The number of carboxylic acids is 1. The van der Waals surface area contributed by atoms with Crippen LogP contribution in [0, 0.1) is 0 Å². The molecule has 14 heavy (non-hydrogen) atoms. The zero-order chi connectivity index (χ0) is 10.6. The first kappa shape index (κ1) is 11.5. The van der Waals surface area contributed by atoms with Crippen molar-refractivity contribution in [3.63, 3.8) is 0 Å². The van der Waals surface area contributed by atoms with E-state index in [0.29, 0.717) is 6.04 Å². The maximum atomic E-state index is 11.0. The summed E-state index contributed by atoms with van der Waals surface area (Å²) >= 11 is 0. The molecule has 0 spiro atoms. The van der Waals surface area contributed by atoms with Crippen molar-refractivity contribution in [1.82, 2.24) is 4.90 Å². The molecule has 0 heterocycles. The second kappa shape index (κ2) is 5.32. The number of carbonyl (C=O) groups is 1. The Bertz CT molecular complexity index is 192. The molecule has 4 heteroatoms. The number of aliphatic carboxylic acids is 1. The average Bonchev–Trinajstić information content (AvgIpc) is 2.94. The van der Waals surface area contributed by atoms with Gasteiger partial charge in [0.1, 0.15) is 6.04 Å². The molecule has 1 unspecified atom stereocenters. The van der Waals surface area contributed by atoms with Crippen LogP contribution in [0.1, 0.15) is 26.2 Å². The molecule has 0 amide bonds. The van der Waals surface area contributed by atoms with Gasteiger partial charge in [-0.25, -0.2) is 0 Å². The van der Waals surface area contributed by atoms with Gasteiger partial charge in [-0.3, -0.25) is 9.69 Å². The van der Waals surface area contributed by atoms with E-state index in [-0.39, 0.29) is 6.61 Å². The predicted octanol–water partition coefficient (Wildman–Crippen LogP) is 0.960. The van der Waals surface area contributed by atoms with Crippen LogP contribution in [0.3, 0.4) is 0 Å². The lowest BCUT2D eigenvalue weighted by Gasteiger charge is -2.27. The summed E-state index contributed by atoms with van der Waals surface area (Å²) < 4.78 is 4.95. The molecule has 0 aromatic carbocycles. The molecule has 0 bridgehead atoms. The fourth-order valence-corrected chi connectivity index (χ4v) is 1.72. The maximum Gasteiger partial charge on any atom is 0.323 e. The van der Waals surface area contributed by atoms with E-state index >= 15 is 0 Å². The van der Waals surface area contributed by atoms with Gasteiger partial charge in [-0.05, 0) is 25.8 Å². The molecule has 0 aliphatic heterocycles. The van der Waals surface area contributed by atoms with Crippen molar-refractivity contribution in [1.29, 1.82) is 0 Å². The Hall–Kier alpha value is -0.610. The van der Waals surface area contributed by atoms with Gasteiger partial charge in [0.15, 0.2) is 0 Å². The van der Waals surface area contributed by atoms with E-state index in [9.17, 15) is 4.79 Å². The minimum absolute atomic E-state index is 0.284. The summed E-state index contributed by atoms with van der Waals surface area (Å²) in [6.07, 6.45) is 3.25. The zero-order valence-corrected chi connectivity index (χ0v) is 8.90. The second-order valence-electron chi connectivity index (χ2n) is 3.78. The number of hydrogen-bond acceptors (Lipinski definition) is 3. The number of methoxy groups -OCH3 is 1. The Morgan fingerprint density at radius 3 is 2.64 bits per heavy atom. The van der Waals surface area contributed by atoms with Gasteiger partial charge in [0.25, 0.3) is 0 Å². The van der Waals surface area contributed by atoms with E-state index in [1.54, 1.807) is 7.11 Å². The summed E-state index contributed by atoms with van der Waals surface area (Å²) in [6, 6.07) is 0.0126. The molecule has 1 atom stereocenters. The monoisotopic (exact) mass is 201 g/mol. The van der Waals surface area contributed by atoms with Crippen LogP contribution in [0.15, 0.2) is 0 Å². The summed E-state index contributed by atoms with van der Waals surface area (Å²) in [5.41, 5.74) is 0. The molecule has 1 fully saturated rings. The second-order valence-corrected chi connectivity index (χ2v) is 3.78. The van der Waals surface area contributed by atoms with E-state index in [0.717, 1.165) is 25.8 Å². The molecule has 1 saturated carbocycles. The Morgan fingerprint density at radius 1 is 1.64 bits per heavy atom. The highest BCUT2D eigenvalue weighted by molar-refractivity contribution is 5.73. The van der Waals surface area contributed by atoms with Crippen molar-refractivity contribution in [2.24, 2.45) is 0 Å². The summed E-state index contributed by atoms with van der Waals surface area (Å²) in [5, 5.41) is 9.06. The average molecular weight is 201 g/mol. The standard InChI is InChI=1S/C10H19NO3/c1-3-6-11(8-4-5-8)9(7-14-2)10(12)13/h8-9H,3-7H2,1-2H3,(H,12,13). The van der Waals surface area contributed by atoms with Crippen molar-refractivity contribution < 1.29 is 14.6 Å². The van der Waals surface area contributed by atoms with Gasteiger partial charge in [-0.15, -0.1) is 0 Å². The topological polar surface area (TPSA) is 49.8 Å². The number of rotatable bonds is 7. The summed E-state index contributed by atoms with van der Waals surface area (Å²) in [5.74, 6) is -0.771. The molecule has 82 valence electrons. The highest BCUT2D eigenvalue weighted by Crippen LogP contribution is 2.28. The highest BCUT2D eigenvalue weighted by Gasteiger charge is 2.36. The fraction of sp³-hybridized carbons (Fsp3) is 0.900. The molecule has 1 rings (SSSR count). The van der Waals surface area contributed by atoms with Gasteiger partial charge in [0, 0.05) is 13.2 Å². The quantitative estimate of drug-likeness (QED) is 0.666. The van der Waals surface area contributed by atoms with Gasteiger partial charge in [0.2, 0.25) is 0 Å². The van der Waals surface area contributed by atoms with Crippen LogP contribution in [0.4, 0.5) is 0 Å². The van der Waals surface area contributed by atoms with E-state index in [1.165, 1.54) is 0 Å². The third-order valence-corrected chi connectivity index (χ3v) is 2.51. The predicted molar refractivity (Wildman–Crippen MR) is 53.3 cm³/mol. The van der Waals surface area contributed by atoms with Gasteiger partial charge >= 0.3 is 5.97 Å². The Labute approximate surface area is 84.8 Å². The van der Waals surface area contributed by atoms with Crippen molar-refractivity contribution in [2.45, 2.75) is 38.3 Å². The normalized spacial score (nSPS) is 18.5. The third-order valence-electron chi connectivity index (χ3n) is 2.51. The molecule has 1 aliphatic rings. The molecule has 1 N–H and O–H groups in total. The minimum atomic E-state index is -0.771. The third kappa shape index (κ3) is 2.96. The lowest BCUT2D eigenvalue weighted by Crippen LogP contribution is -2.45. The minimum Gasteiger partial charge on any atom is -0.480 e. The molecule has 0 aromatic rings. The smallest absolute Gasteiger partial charge is 0.323 e. The first-order valence-electron chi connectivity index (χ1n) is 5.18. The summed E-state index contributed by atoms with van der Waals surface area (Å²) in [6.45, 7) is 3.21. The largest absolute Gasteiger partial charge is 0.480 e. The van der Waals surface area contributed by atoms with Crippen LogP contribution in [-0.2, 0) is 9.53 Å². The van der Waals surface area contributed by atoms with Crippen LogP contribution in [0.25, 0.3) is 0 Å². The van der Waals surface area contributed by atoms with E-state index < -0.39 is 12.0 Å². The Balaban J connectivity index is 2.55. The first-order valence-corrected chi connectivity index (χ1v) is 5.18. The van der Waals surface area contributed by atoms with Crippen LogP contribution in [0.2, 0.25) is 0 Å². The van der Waals surface area contributed by atoms with Crippen molar-refractivity contribution >= 4 is 5.97 Å². The van der Waals surface area contributed by atoms with Crippen molar-refractivity contribution in [3.8, 4) is 0 Å². The van der Waals surface area contributed by atoms with Crippen LogP contribution in [-0.4, -0.2) is 48.3 Å². The molecule has 1 aliphatic carbocycles. The van der Waals surface area contributed by atoms with Gasteiger partial charge in [0.05, 0.1) is 6.61 Å². The maximum absolute atomic E-state index is 11.0. The van der Waals surface area contributed by atoms with Crippen LogP contribution < -0.4 is 0 Å². The lowest BCUT2D eigenvalue weighted by atomic mass is 10.2. The molecular formula is C10H19NO3. The summed E-state index contributed by atoms with van der Waals surface area (Å²) in [4.78, 5) is 13.1. The van der Waals surface area contributed by atoms with Crippen LogP contribution >= 0.6 is 0 Å². The first-order chi connectivity index (χ1) is 6.70. The highest BCUT2D eigenvalue weighted by atomic mass is 16.5. The van der Waals surface area contributed by atoms with Crippen molar-refractivity contribution in [2.75, 3.05) is 20.3 Å². The number of ether oxygens (including phenoxy) is 1. The molecular weight excluding hydrogens is 182 g/mol. The molecule has 4 nitrogen and oxygen atoms in total. The van der Waals surface area contributed by atoms with Crippen LogP contribution in [0.5, 0.6) is 0 Å². The molecule has 0 radical (unpaired) electrons. The van der Waals surface area contributed by atoms with E-state index in [4.69, 9.17) is 9.84 Å². The van der Waals surface area contributed by atoms with Gasteiger partial charge in [-0.2, -0.15) is 0 Å². The lowest BCUT2D eigenvalue weighted by molar-refractivity contribution is -0.145. The number of nitrogens with zero attached hydrogens (tertiary/aromatic N) is 1. The van der Waals surface area contributed by atoms with Gasteiger partial charge in [-0.1, -0.05) is 6.92 Å². The molecule has 0 aromatic heterocycles. The van der Waals surface area contributed by atoms with E-state index in [2.05, 4.69) is 11.8 Å². The Kier molecular flexibility index (Phi) is 4.35. The zero-order valence-electron chi connectivity index (χ0n) is 8.90. The Morgan fingerprint density at radius 2 is 2.29 bits per heavy atom.